The lowest BCUT2D eigenvalue weighted by Crippen LogP contribution is -1.88. The second-order valence-corrected chi connectivity index (χ2v) is 6.06. The molecule has 0 unspecified atom stereocenters. The first-order chi connectivity index (χ1) is 11.2. The quantitative estimate of drug-likeness (QED) is 0.479. The fraction of sp³-hybridized carbons (Fsp3) is 0.762. The zero-order valence-corrected chi connectivity index (χ0v) is 16.8. The van der Waals surface area contributed by atoms with Crippen LogP contribution in [0.5, 0.6) is 0 Å². The molecule has 0 aliphatic heterocycles. The van der Waals surface area contributed by atoms with Crippen LogP contribution in [0.1, 0.15) is 97.6 Å². The number of unbranched alkanes of at least 4 members (excludes halogenated alkanes) is 8. The summed E-state index contributed by atoms with van der Waals surface area (Å²) in [7, 11) is 1.90. The normalized spacial score (nSPS) is 9.30. The summed E-state index contributed by atoms with van der Waals surface area (Å²) in [6.45, 7) is 11.0. The number of aryl methyl sites for hydroxylation is 1. The number of rotatable bonds is 9. The lowest BCUT2D eigenvalue weighted by atomic mass is 10.2. The molecule has 1 aromatic rings. The summed E-state index contributed by atoms with van der Waals surface area (Å²) >= 11 is 0. The molecule has 0 bridgehead atoms. The van der Waals surface area contributed by atoms with Crippen molar-refractivity contribution >= 4 is 5.69 Å². The first kappa shape index (κ1) is 24.2. The summed E-state index contributed by atoms with van der Waals surface area (Å²) in [5.41, 5.74) is 2.16. The predicted molar refractivity (Wildman–Crippen MR) is 107 cm³/mol. The molecular formula is C21H42N2. The van der Waals surface area contributed by atoms with Crippen LogP contribution in [0.2, 0.25) is 0 Å². The molecule has 2 heteroatoms. The first-order valence-corrected chi connectivity index (χ1v) is 9.76. The highest BCUT2D eigenvalue weighted by Gasteiger charge is 1.86. The van der Waals surface area contributed by atoms with Crippen molar-refractivity contribution in [2.75, 3.05) is 12.4 Å². The molecule has 0 aliphatic rings. The summed E-state index contributed by atoms with van der Waals surface area (Å²) in [4.78, 5) is 4.05. The zero-order valence-electron chi connectivity index (χ0n) is 16.8. The first-order valence-electron chi connectivity index (χ1n) is 9.76. The molecule has 0 aliphatic carbocycles. The average Bonchev–Trinajstić information content (AvgIpc) is 2.57. The van der Waals surface area contributed by atoms with Crippen molar-refractivity contribution < 1.29 is 0 Å². The molecule has 1 aromatic heterocycles. The van der Waals surface area contributed by atoms with Crippen LogP contribution in [0, 0.1) is 6.92 Å². The van der Waals surface area contributed by atoms with Crippen molar-refractivity contribution in [1.82, 2.24) is 4.98 Å². The van der Waals surface area contributed by atoms with Crippen LogP contribution in [-0.2, 0) is 0 Å². The summed E-state index contributed by atoms with van der Waals surface area (Å²) in [5.74, 6) is 0. The van der Waals surface area contributed by atoms with Gasteiger partial charge in [0.05, 0.1) is 0 Å². The van der Waals surface area contributed by atoms with E-state index in [4.69, 9.17) is 0 Å². The maximum absolute atomic E-state index is 4.05. The van der Waals surface area contributed by atoms with Gasteiger partial charge in [-0.25, -0.2) is 0 Å². The Morgan fingerprint density at radius 2 is 1.22 bits per heavy atom. The third kappa shape index (κ3) is 21.0. The maximum Gasteiger partial charge on any atom is 0.0393 e. The van der Waals surface area contributed by atoms with E-state index >= 15 is 0 Å². The van der Waals surface area contributed by atoms with E-state index < -0.39 is 0 Å². The topological polar surface area (TPSA) is 24.9 Å². The molecule has 0 saturated heterocycles. The largest absolute Gasteiger partial charge is 0.388 e. The Hall–Kier alpha value is -1.05. The number of aromatic nitrogens is 1. The fourth-order valence-electron chi connectivity index (χ4n) is 2.05. The zero-order chi connectivity index (χ0) is 17.8. The molecule has 23 heavy (non-hydrogen) atoms. The van der Waals surface area contributed by atoms with Crippen LogP contribution < -0.4 is 5.32 Å². The predicted octanol–water partition coefficient (Wildman–Crippen LogP) is 7.39. The highest BCUT2D eigenvalue weighted by Crippen LogP contribution is 2.04. The van der Waals surface area contributed by atoms with Gasteiger partial charge in [-0.2, -0.15) is 0 Å². The third-order valence-electron chi connectivity index (χ3n) is 3.60. The van der Waals surface area contributed by atoms with Gasteiger partial charge in [-0.1, -0.05) is 91.9 Å². The van der Waals surface area contributed by atoms with Crippen molar-refractivity contribution in [2.45, 2.75) is 98.8 Å². The van der Waals surface area contributed by atoms with Crippen LogP contribution in [-0.4, -0.2) is 12.0 Å². The van der Waals surface area contributed by atoms with Gasteiger partial charge in [0.2, 0.25) is 0 Å². The van der Waals surface area contributed by atoms with Gasteiger partial charge in [0.15, 0.2) is 0 Å². The smallest absolute Gasteiger partial charge is 0.0393 e. The molecule has 0 spiro atoms. The Balaban J connectivity index is 0. The van der Waals surface area contributed by atoms with Crippen LogP contribution in [0.4, 0.5) is 5.69 Å². The van der Waals surface area contributed by atoms with Gasteiger partial charge < -0.3 is 5.32 Å². The molecule has 0 radical (unpaired) electrons. The van der Waals surface area contributed by atoms with Crippen molar-refractivity contribution in [3.8, 4) is 0 Å². The molecule has 2 nitrogen and oxygen atoms in total. The number of anilines is 1. The third-order valence-corrected chi connectivity index (χ3v) is 3.60. The number of pyridine rings is 1. The maximum atomic E-state index is 4.05. The number of hydrogen-bond acceptors (Lipinski definition) is 2. The van der Waals surface area contributed by atoms with E-state index in [0.717, 1.165) is 11.4 Å². The molecule has 0 atom stereocenters. The molecule has 1 rings (SSSR count). The Bertz CT molecular complexity index is 305. The molecule has 0 amide bonds. The number of nitrogens with zero attached hydrogens (tertiary/aromatic N) is 1. The van der Waals surface area contributed by atoms with Crippen LogP contribution in [0.3, 0.4) is 0 Å². The number of nitrogens with one attached hydrogen (secondary N) is 1. The fourth-order valence-corrected chi connectivity index (χ4v) is 2.05. The minimum atomic E-state index is 1.04. The second kappa shape index (κ2) is 20.9. The SMILES string of the molecule is CCCCCCC.CCCCCCC.CNc1ccnc(C)c1. The second-order valence-electron chi connectivity index (χ2n) is 6.06. The van der Waals surface area contributed by atoms with Crippen LogP contribution >= 0.6 is 0 Å². The highest BCUT2D eigenvalue weighted by molar-refractivity contribution is 5.41. The monoisotopic (exact) mass is 322 g/mol. The standard InChI is InChI=1S/C7H10N2.2C7H16/c1-6-5-7(8-2)3-4-9-6;2*1-3-5-7-6-4-2/h3-5H,1-2H3,(H,8,9);2*3-7H2,1-2H3. The summed E-state index contributed by atoms with van der Waals surface area (Å²) in [5, 5.41) is 3.03. The molecule has 136 valence electrons. The Kier molecular flexibility index (Phi) is 22.0. The minimum absolute atomic E-state index is 1.04. The van der Waals surface area contributed by atoms with Gasteiger partial charge in [-0.3, -0.25) is 4.98 Å². The van der Waals surface area contributed by atoms with Gasteiger partial charge >= 0.3 is 0 Å². The lowest BCUT2D eigenvalue weighted by Gasteiger charge is -1.97. The molecule has 1 N–H and O–H groups in total. The van der Waals surface area contributed by atoms with E-state index in [1.165, 1.54) is 64.2 Å². The number of hydrogen-bond donors (Lipinski definition) is 1. The summed E-state index contributed by atoms with van der Waals surface area (Å²) in [6, 6.07) is 3.94. The molecule has 0 aromatic carbocycles. The van der Waals surface area contributed by atoms with Gasteiger partial charge in [0.1, 0.15) is 0 Å². The Morgan fingerprint density at radius 3 is 1.48 bits per heavy atom. The van der Waals surface area contributed by atoms with Gasteiger partial charge in [-0.05, 0) is 19.1 Å². The van der Waals surface area contributed by atoms with Gasteiger partial charge in [-0.15, -0.1) is 0 Å². The molecular weight excluding hydrogens is 280 g/mol. The van der Waals surface area contributed by atoms with E-state index in [1.54, 1.807) is 6.20 Å². The Morgan fingerprint density at radius 1 is 0.783 bits per heavy atom. The summed E-state index contributed by atoms with van der Waals surface area (Å²) < 4.78 is 0. The van der Waals surface area contributed by atoms with Crippen molar-refractivity contribution in [3.63, 3.8) is 0 Å². The Labute approximate surface area is 146 Å². The van der Waals surface area contributed by atoms with Gasteiger partial charge in [0.25, 0.3) is 0 Å². The van der Waals surface area contributed by atoms with E-state index in [0.29, 0.717) is 0 Å². The van der Waals surface area contributed by atoms with Crippen LogP contribution in [0.25, 0.3) is 0 Å². The van der Waals surface area contributed by atoms with Crippen molar-refractivity contribution in [1.29, 1.82) is 0 Å². The van der Waals surface area contributed by atoms with Crippen molar-refractivity contribution in [3.05, 3.63) is 24.0 Å². The average molecular weight is 323 g/mol. The minimum Gasteiger partial charge on any atom is -0.388 e. The highest BCUT2D eigenvalue weighted by atomic mass is 14.8. The van der Waals surface area contributed by atoms with Crippen molar-refractivity contribution in [2.24, 2.45) is 0 Å². The summed E-state index contributed by atoms with van der Waals surface area (Å²) in [6.07, 6.45) is 15.8. The lowest BCUT2D eigenvalue weighted by molar-refractivity contribution is 0.656. The van der Waals surface area contributed by atoms with E-state index in [9.17, 15) is 0 Å². The van der Waals surface area contributed by atoms with E-state index in [1.807, 2.05) is 26.1 Å². The molecule has 0 fully saturated rings. The molecule has 1 heterocycles. The van der Waals surface area contributed by atoms with E-state index in [2.05, 4.69) is 38.0 Å². The van der Waals surface area contributed by atoms with E-state index in [-0.39, 0.29) is 0 Å². The van der Waals surface area contributed by atoms with Gasteiger partial charge in [0, 0.05) is 24.6 Å². The van der Waals surface area contributed by atoms with Crippen LogP contribution in [0.15, 0.2) is 18.3 Å². The molecule has 0 saturated carbocycles.